The second-order valence-corrected chi connectivity index (χ2v) is 5.90. The van der Waals surface area contributed by atoms with Crippen molar-refractivity contribution in [2.75, 3.05) is 11.9 Å². The van der Waals surface area contributed by atoms with Crippen molar-refractivity contribution in [3.05, 3.63) is 51.3 Å². The lowest BCUT2D eigenvalue weighted by Gasteiger charge is -2.12. The van der Waals surface area contributed by atoms with E-state index in [1.165, 1.54) is 0 Å². The van der Waals surface area contributed by atoms with Crippen LogP contribution in [0.4, 0.5) is 18.9 Å². The molecule has 0 bridgehead atoms. The van der Waals surface area contributed by atoms with E-state index in [4.69, 9.17) is 16.3 Å². The van der Waals surface area contributed by atoms with Gasteiger partial charge in [-0.2, -0.15) is 13.2 Å². The van der Waals surface area contributed by atoms with Crippen LogP contribution in [0.5, 0.6) is 0 Å². The molecule has 0 atom stereocenters. The molecule has 0 unspecified atom stereocenters. The fourth-order valence-corrected chi connectivity index (χ4v) is 2.64. The number of aryl methyl sites for hydroxylation is 1. The number of esters is 1. The summed E-state index contributed by atoms with van der Waals surface area (Å²) in [6.45, 7) is 4.92. The topological polar surface area (TPSA) is 71.2 Å². The molecule has 9 heteroatoms. The molecule has 1 aromatic carbocycles. The molecule has 140 valence electrons. The number of H-pyrrole nitrogens is 1. The minimum atomic E-state index is -4.57. The second-order valence-electron chi connectivity index (χ2n) is 5.49. The third kappa shape index (κ3) is 4.01. The van der Waals surface area contributed by atoms with E-state index in [9.17, 15) is 22.8 Å². The fraction of sp³-hybridized carbons (Fsp3) is 0.294. The number of hydrogen-bond acceptors (Lipinski definition) is 3. The molecular formula is C17H16ClF3N2O3. The van der Waals surface area contributed by atoms with Gasteiger partial charge < -0.3 is 15.0 Å². The van der Waals surface area contributed by atoms with Crippen LogP contribution in [0, 0.1) is 13.8 Å². The van der Waals surface area contributed by atoms with Crippen molar-refractivity contribution in [1.29, 1.82) is 0 Å². The number of aromatic nitrogens is 1. The Morgan fingerprint density at radius 2 is 1.92 bits per heavy atom. The number of carbonyl (C=O) groups is 2. The summed E-state index contributed by atoms with van der Waals surface area (Å²) in [7, 11) is 0. The highest BCUT2D eigenvalue weighted by molar-refractivity contribution is 6.34. The van der Waals surface area contributed by atoms with Gasteiger partial charge in [0.1, 0.15) is 5.69 Å². The van der Waals surface area contributed by atoms with E-state index in [0.717, 1.165) is 18.2 Å². The van der Waals surface area contributed by atoms with E-state index in [1.54, 1.807) is 20.8 Å². The van der Waals surface area contributed by atoms with E-state index in [2.05, 4.69) is 10.3 Å². The summed E-state index contributed by atoms with van der Waals surface area (Å²) < 4.78 is 43.4. The minimum Gasteiger partial charge on any atom is -0.461 e. The number of benzene rings is 1. The van der Waals surface area contributed by atoms with Crippen molar-refractivity contribution < 1.29 is 27.5 Å². The lowest BCUT2D eigenvalue weighted by atomic mass is 10.1. The molecule has 1 heterocycles. The number of aromatic amines is 1. The van der Waals surface area contributed by atoms with Gasteiger partial charge in [-0.05, 0) is 44.5 Å². The number of rotatable bonds is 4. The van der Waals surface area contributed by atoms with Crippen LogP contribution in [0.15, 0.2) is 18.2 Å². The molecule has 0 aliphatic rings. The van der Waals surface area contributed by atoms with Crippen LogP contribution < -0.4 is 5.32 Å². The quantitative estimate of drug-likeness (QED) is 0.743. The van der Waals surface area contributed by atoms with Gasteiger partial charge in [0.15, 0.2) is 0 Å². The number of amides is 1. The minimum absolute atomic E-state index is 0.0391. The smallest absolute Gasteiger partial charge is 0.416 e. The summed E-state index contributed by atoms with van der Waals surface area (Å²) in [5, 5.41) is 2.32. The van der Waals surface area contributed by atoms with Gasteiger partial charge >= 0.3 is 12.1 Å². The van der Waals surface area contributed by atoms with Gasteiger partial charge in [0.2, 0.25) is 0 Å². The highest BCUT2D eigenvalue weighted by atomic mass is 35.5. The van der Waals surface area contributed by atoms with Gasteiger partial charge in [-0.1, -0.05) is 11.6 Å². The third-order valence-corrected chi connectivity index (χ3v) is 4.02. The zero-order valence-corrected chi connectivity index (χ0v) is 14.9. The Morgan fingerprint density at radius 3 is 2.50 bits per heavy atom. The third-order valence-electron chi connectivity index (χ3n) is 3.69. The lowest BCUT2D eigenvalue weighted by Crippen LogP contribution is -2.15. The van der Waals surface area contributed by atoms with Gasteiger partial charge in [0, 0.05) is 5.69 Å². The molecule has 0 aliphatic heterocycles. The Labute approximate surface area is 152 Å². The molecule has 2 rings (SSSR count). The first-order valence-electron chi connectivity index (χ1n) is 7.60. The van der Waals surface area contributed by atoms with Gasteiger partial charge in [-0.3, -0.25) is 4.79 Å². The van der Waals surface area contributed by atoms with Crippen molar-refractivity contribution >= 4 is 29.2 Å². The van der Waals surface area contributed by atoms with Gasteiger partial charge in [-0.15, -0.1) is 0 Å². The van der Waals surface area contributed by atoms with E-state index < -0.39 is 23.6 Å². The standard InChI is InChI=1S/C17H16ClF3N2O3/c1-4-26-16(25)14-8(2)13(9(3)22-14)15(24)23-12-7-10(17(19,20)21)5-6-11(12)18/h5-7,22H,4H2,1-3H3,(H,23,24). The van der Waals surface area contributed by atoms with E-state index in [0.29, 0.717) is 11.3 Å². The van der Waals surface area contributed by atoms with Crippen LogP contribution in [-0.4, -0.2) is 23.5 Å². The number of alkyl halides is 3. The summed E-state index contributed by atoms with van der Waals surface area (Å²) in [6.07, 6.45) is -4.57. The number of halogens is 4. The number of ether oxygens (including phenoxy) is 1. The molecule has 0 saturated heterocycles. The average Bonchev–Trinajstić information content (AvgIpc) is 2.83. The van der Waals surface area contributed by atoms with E-state index in [-0.39, 0.29) is 28.6 Å². The molecule has 0 radical (unpaired) electrons. The molecule has 1 amide bonds. The lowest BCUT2D eigenvalue weighted by molar-refractivity contribution is -0.137. The van der Waals surface area contributed by atoms with Gasteiger partial charge in [0.05, 0.1) is 28.4 Å². The SMILES string of the molecule is CCOC(=O)c1[nH]c(C)c(C(=O)Nc2cc(C(F)(F)F)ccc2Cl)c1C. The zero-order chi connectivity index (χ0) is 19.6. The first-order valence-corrected chi connectivity index (χ1v) is 7.98. The molecular weight excluding hydrogens is 373 g/mol. The van der Waals surface area contributed by atoms with Crippen molar-refractivity contribution in [3.63, 3.8) is 0 Å². The van der Waals surface area contributed by atoms with Crippen molar-refractivity contribution in [1.82, 2.24) is 4.98 Å². The maximum atomic E-state index is 12.8. The average molecular weight is 389 g/mol. The van der Waals surface area contributed by atoms with Crippen molar-refractivity contribution in [2.45, 2.75) is 26.9 Å². The van der Waals surface area contributed by atoms with Crippen LogP contribution in [0.2, 0.25) is 5.02 Å². The Kier molecular flexibility index (Phi) is 5.65. The van der Waals surface area contributed by atoms with Crippen LogP contribution in [-0.2, 0) is 10.9 Å². The van der Waals surface area contributed by atoms with Crippen LogP contribution in [0.25, 0.3) is 0 Å². The van der Waals surface area contributed by atoms with E-state index >= 15 is 0 Å². The first-order chi connectivity index (χ1) is 12.1. The summed E-state index contributed by atoms with van der Waals surface area (Å²) >= 11 is 5.89. The molecule has 2 N–H and O–H groups in total. The van der Waals surface area contributed by atoms with Gasteiger partial charge in [0.25, 0.3) is 5.91 Å². The van der Waals surface area contributed by atoms with Gasteiger partial charge in [-0.25, -0.2) is 4.79 Å². The molecule has 0 spiro atoms. The maximum Gasteiger partial charge on any atom is 0.416 e. The fourth-order valence-electron chi connectivity index (χ4n) is 2.48. The Hall–Kier alpha value is -2.48. The summed E-state index contributed by atoms with van der Waals surface area (Å²) in [5.74, 6) is -1.31. The molecule has 26 heavy (non-hydrogen) atoms. The maximum absolute atomic E-state index is 12.8. The van der Waals surface area contributed by atoms with Crippen LogP contribution in [0.1, 0.15) is 44.6 Å². The summed E-state index contributed by atoms with van der Waals surface area (Å²) in [6, 6.07) is 2.63. The van der Waals surface area contributed by atoms with Crippen LogP contribution in [0.3, 0.4) is 0 Å². The van der Waals surface area contributed by atoms with E-state index in [1.807, 2.05) is 0 Å². The van der Waals surface area contributed by atoms with Crippen molar-refractivity contribution in [3.8, 4) is 0 Å². The predicted molar refractivity (Wildman–Crippen MR) is 90.6 cm³/mol. The molecule has 5 nitrogen and oxygen atoms in total. The number of anilines is 1. The highest BCUT2D eigenvalue weighted by Gasteiger charge is 2.31. The zero-order valence-electron chi connectivity index (χ0n) is 14.2. The normalized spacial score (nSPS) is 11.3. The highest BCUT2D eigenvalue weighted by Crippen LogP contribution is 2.34. The Morgan fingerprint density at radius 1 is 1.27 bits per heavy atom. The molecule has 2 aromatic rings. The Balaban J connectivity index is 2.36. The monoisotopic (exact) mass is 388 g/mol. The number of nitrogens with one attached hydrogen (secondary N) is 2. The second kappa shape index (κ2) is 7.41. The summed E-state index contributed by atoms with van der Waals surface area (Å²) in [4.78, 5) is 27.2. The predicted octanol–water partition coefficient (Wildman–Crippen LogP) is 4.73. The van der Waals surface area contributed by atoms with Crippen molar-refractivity contribution in [2.24, 2.45) is 0 Å². The van der Waals surface area contributed by atoms with Crippen LogP contribution >= 0.6 is 11.6 Å². The Bertz CT molecular complexity index is 860. The molecule has 1 aromatic heterocycles. The molecule has 0 saturated carbocycles. The summed E-state index contributed by atoms with van der Waals surface area (Å²) in [5.41, 5.74) is -0.144. The number of carbonyl (C=O) groups excluding carboxylic acids is 2. The molecule has 0 fully saturated rings. The molecule has 0 aliphatic carbocycles. The first kappa shape index (κ1) is 19.8. The largest absolute Gasteiger partial charge is 0.461 e. The number of hydrogen-bond donors (Lipinski definition) is 2.